The van der Waals surface area contributed by atoms with Crippen LogP contribution in [-0.2, 0) is 21.1 Å². The molecule has 0 saturated heterocycles. The van der Waals surface area contributed by atoms with E-state index >= 15 is 0 Å². The highest BCUT2D eigenvalue weighted by Gasteiger charge is 2.14. The van der Waals surface area contributed by atoms with Gasteiger partial charge in [-0.25, -0.2) is 17.3 Å². The number of anilines is 3. The van der Waals surface area contributed by atoms with Crippen molar-refractivity contribution >= 4 is 38.7 Å². The van der Waals surface area contributed by atoms with Gasteiger partial charge in [0.15, 0.2) is 15.5 Å². The number of sulfone groups is 1. The van der Waals surface area contributed by atoms with E-state index in [0.29, 0.717) is 34.3 Å². The summed E-state index contributed by atoms with van der Waals surface area (Å²) in [6.45, 7) is 1.67. The first-order valence-corrected chi connectivity index (χ1v) is 14.1. The maximum absolute atomic E-state index is 13.5. The van der Waals surface area contributed by atoms with Gasteiger partial charge in [-0.05, 0) is 66.1 Å². The van der Waals surface area contributed by atoms with Crippen LogP contribution in [0.15, 0.2) is 83.9 Å². The molecule has 0 fully saturated rings. The topological polar surface area (TPSA) is 115 Å². The number of methoxy groups -OCH3 is 1. The summed E-state index contributed by atoms with van der Waals surface area (Å²) in [5, 5.41) is 10.4. The largest absolute Gasteiger partial charge is 0.495 e. The highest BCUT2D eigenvalue weighted by atomic mass is 32.2. The number of carbonyl (C=O) groups is 1. The molecule has 40 heavy (non-hydrogen) atoms. The van der Waals surface area contributed by atoms with E-state index < -0.39 is 9.84 Å². The van der Waals surface area contributed by atoms with Crippen molar-refractivity contribution in [2.45, 2.75) is 18.2 Å². The predicted molar refractivity (Wildman–Crippen MR) is 151 cm³/mol. The zero-order valence-electron chi connectivity index (χ0n) is 22.0. The van der Waals surface area contributed by atoms with Crippen LogP contribution in [0.1, 0.15) is 11.1 Å². The molecule has 11 heteroatoms. The summed E-state index contributed by atoms with van der Waals surface area (Å²) >= 11 is 0. The molecule has 0 spiro atoms. The van der Waals surface area contributed by atoms with Crippen molar-refractivity contribution < 1.29 is 22.3 Å². The fourth-order valence-electron chi connectivity index (χ4n) is 4.19. The zero-order chi connectivity index (χ0) is 28.4. The molecule has 5 aromatic rings. The second kappa shape index (κ2) is 10.8. The van der Waals surface area contributed by atoms with E-state index in [1.807, 2.05) is 42.6 Å². The Labute approximate surface area is 230 Å². The van der Waals surface area contributed by atoms with Crippen molar-refractivity contribution in [3.8, 4) is 16.9 Å². The number of carbonyl (C=O) groups excluding carboxylic acids is 1. The first-order chi connectivity index (χ1) is 19.1. The number of aryl methyl sites for hydroxylation is 1. The lowest BCUT2D eigenvalue weighted by Crippen LogP contribution is -2.14. The molecule has 0 unspecified atom stereocenters. The van der Waals surface area contributed by atoms with Gasteiger partial charge in [0.1, 0.15) is 11.6 Å². The molecule has 0 bridgehead atoms. The summed E-state index contributed by atoms with van der Waals surface area (Å²) in [4.78, 5) is 17.1. The number of rotatable bonds is 8. The van der Waals surface area contributed by atoms with Crippen LogP contribution < -0.4 is 15.4 Å². The Morgan fingerprint density at radius 3 is 2.45 bits per heavy atom. The average molecular weight is 560 g/mol. The van der Waals surface area contributed by atoms with Crippen LogP contribution in [0.2, 0.25) is 0 Å². The van der Waals surface area contributed by atoms with Gasteiger partial charge in [0.25, 0.3) is 0 Å². The Morgan fingerprint density at radius 2 is 1.75 bits per heavy atom. The summed E-state index contributed by atoms with van der Waals surface area (Å²) in [5.74, 6) is 0.183. The van der Waals surface area contributed by atoms with E-state index in [0.717, 1.165) is 22.9 Å². The van der Waals surface area contributed by atoms with Crippen molar-refractivity contribution in [1.29, 1.82) is 0 Å². The van der Waals surface area contributed by atoms with Crippen molar-refractivity contribution in [3.05, 3.63) is 95.9 Å². The molecule has 0 atom stereocenters. The molecule has 1 amide bonds. The van der Waals surface area contributed by atoms with Gasteiger partial charge in [0.2, 0.25) is 11.9 Å². The Hall–Kier alpha value is -4.77. The van der Waals surface area contributed by atoms with Crippen LogP contribution in [0.25, 0.3) is 16.8 Å². The zero-order valence-corrected chi connectivity index (χ0v) is 22.8. The maximum Gasteiger partial charge on any atom is 0.247 e. The minimum atomic E-state index is -3.38. The van der Waals surface area contributed by atoms with Gasteiger partial charge < -0.3 is 15.4 Å². The van der Waals surface area contributed by atoms with Gasteiger partial charge in [0, 0.05) is 29.8 Å². The number of nitrogens with zero attached hydrogens (tertiary/aromatic N) is 3. The fourth-order valence-corrected chi connectivity index (χ4v) is 4.82. The fraction of sp³-hybridized carbons (Fsp3) is 0.138. The third kappa shape index (κ3) is 5.94. The molecule has 0 aliphatic carbocycles. The first-order valence-electron chi connectivity index (χ1n) is 12.3. The number of fused-ring (bicyclic) bond motifs is 1. The van der Waals surface area contributed by atoms with Crippen LogP contribution >= 0.6 is 0 Å². The third-order valence-corrected chi connectivity index (χ3v) is 7.38. The third-order valence-electron chi connectivity index (χ3n) is 6.27. The number of benzene rings is 3. The number of ether oxygens (including phenoxy) is 1. The summed E-state index contributed by atoms with van der Waals surface area (Å²) in [5.41, 5.74) is 4.83. The molecule has 0 saturated carbocycles. The average Bonchev–Trinajstić information content (AvgIpc) is 3.32. The normalized spacial score (nSPS) is 11.4. The van der Waals surface area contributed by atoms with Gasteiger partial charge in [-0.15, -0.1) is 5.10 Å². The van der Waals surface area contributed by atoms with Gasteiger partial charge >= 0.3 is 0 Å². The van der Waals surface area contributed by atoms with Gasteiger partial charge in [-0.1, -0.05) is 24.3 Å². The monoisotopic (exact) mass is 559 g/mol. The Morgan fingerprint density at radius 1 is 1.00 bits per heavy atom. The molecular weight excluding hydrogens is 533 g/mol. The quantitative estimate of drug-likeness (QED) is 0.269. The second-order valence-electron chi connectivity index (χ2n) is 9.30. The maximum atomic E-state index is 13.5. The van der Waals surface area contributed by atoms with Gasteiger partial charge in [-0.3, -0.25) is 4.79 Å². The minimum absolute atomic E-state index is 0.149. The van der Waals surface area contributed by atoms with Crippen molar-refractivity contribution in [3.63, 3.8) is 0 Å². The number of nitrogens with one attached hydrogen (secondary N) is 2. The van der Waals surface area contributed by atoms with E-state index in [-0.39, 0.29) is 23.0 Å². The molecule has 0 aliphatic heterocycles. The van der Waals surface area contributed by atoms with Crippen LogP contribution in [0.5, 0.6) is 5.75 Å². The van der Waals surface area contributed by atoms with Crippen LogP contribution in [0.4, 0.5) is 21.7 Å². The number of hydrogen-bond donors (Lipinski definition) is 2. The lowest BCUT2D eigenvalue weighted by atomic mass is 10.1. The molecule has 3 aromatic carbocycles. The van der Waals surface area contributed by atoms with Crippen LogP contribution in [0.3, 0.4) is 0 Å². The summed E-state index contributed by atoms with van der Waals surface area (Å²) in [6.07, 6.45) is 3.12. The standard InChI is InChI=1S/C29H26FN5O4S/c1-18-14-19(4-11-24(18)30)15-28(36)31-22-8-5-20(6-9-22)21-7-13-27-33-29(34-35(27)17-21)32-25-12-10-23(40(3,37)38)16-26(25)39-2/h4-14,16-17H,15H2,1-3H3,(H,31,36)(H,32,34). The molecular formula is C29H26FN5O4S. The van der Waals surface area contributed by atoms with E-state index in [1.54, 1.807) is 29.6 Å². The van der Waals surface area contributed by atoms with Crippen LogP contribution in [-0.4, -0.2) is 42.3 Å². The van der Waals surface area contributed by atoms with Gasteiger partial charge in [0.05, 0.1) is 24.1 Å². The molecule has 2 aromatic heterocycles. The Balaban J connectivity index is 1.29. The van der Waals surface area contributed by atoms with E-state index in [4.69, 9.17) is 4.74 Å². The summed E-state index contributed by atoms with van der Waals surface area (Å²) in [6, 6.07) is 20.3. The molecule has 2 N–H and O–H groups in total. The smallest absolute Gasteiger partial charge is 0.247 e. The van der Waals surface area contributed by atoms with E-state index in [1.165, 1.54) is 25.3 Å². The summed E-state index contributed by atoms with van der Waals surface area (Å²) in [7, 11) is -1.92. The lowest BCUT2D eigenvalue weighted by Gasteiger charge is -2.10. The van der Waals surface area contributed by atoms with Crippen molar-refractivity contribution in [1.82, 2.24) is 14.6 Å². The first kappa shape index (κ1) is 26.8. The Kier molecular flexibility index (Phi) is 7.22. The number of hydrogen-bond acceptors (Lipinski definition) is 7. The SMILES string of the molecule is COc1cc(S(C)(=O)=O)ccc1Nc1nc2ccc(-c3ccc(NC(=O)Cc4ccc(F)c(C)c4)cc3)cn2n1. The van der Waals surface area contributed by atoms with Crippen LogP contribution in [0, 0.1) is 12.7 Å². The second-order valence-corrected chi connectivity index (χ2v) is 11.3. The molecule has 0 aliphatic rings. The Bertz CT molecular complexity index is 1840. The van der Waals surface area contributed by atoms with E-state index in [9.17, 15) is 17.6 Å². The summed E-state index contributed by atoms with van der Waals surface area (Å²) < 4.78 is 44.2. The number of aromatic nitrogens is 3. The van der Waals surface area contributed by atoms with Crippen molar-refractivity contribution in [2.24, 2.45) is 0 Å². The number of amides is 1. The lowest BCUT2D eigenvalue weighted by molar-refractivity contribution is -0.115. The number of pyridine rings is 1. The molecule has 9 nitrogen and oxygen atoms in total. The number of halogens is 1. The molecule has 204 valence electrons. The molecule has 0 radical (unpaired) electrons. The van der Waals surface area contributed by atoms with Crippen molar-refractivity contribution in [2.75, 3.05) is 24.0 Å². The highest BCUT2D eigenvalue weighted by molar-refractivity contribution is 7.90. The van der Waals surface area contributed by atoms with Gasteiger partial charge in [-0.2, -0.15) is 4.98 Å². The highest BCUT2D eigenvalue weighted by Crippen LogP contribution is 2.30. The van der Waals surface area contributed by atoms with E-state index in [2.05, 4.69) is 20.7 Å². The molecule has 5 rings (SSSR count). The predicted octanol–water partition coefficient (Wildman–Crippen LogP) is 5.18. The minimum Gasteiger partial charge on any atom is -0.495 e. The molecule has 2 heterocycles.